The van der Waals surface area contributed by atoms with E-state index in [0.717, 1.165) is 30.8 Å². The van der Waals surface area contributed by atoms with Crippen LogP contribution in [0.2, 0.25) is 0 Å². The van der Waals surface area contributed by atoms with Crippen molar-refractivity contribution in [3.05, 3.63) is 41.7 Å². The summed E-state index contributed by atoms with van der Waals surface area (Å²) in [6.07, 6.45) is 6.23. The van der Waals surface area contributed by atoms with Gasteiger partial charge < -0.3 is 5.32 Å². The van der Waals surface area contributed by atoms with E-state index in [9.17, 15) is 0 Å². The van der Waals surface area contributed by atoms with Gasteiger partial charge in [0.2, 0.25) is 0 Å². The van der Waals surface area contributed by atoms with E-state index in [1.165, 1.54) is 5.69 Å². The largest absolute Gasteiger partial charge is 0.305 e. The first-order valence-corrected chi connectivity index (χ1v) is 6.85. The van der Waals surface area contributed by atoms with Gasteiger partial charge in [-0.05, 0) is 26.0 Å². The van der Waals surface area contributed by atoms with Crippen molar-refractivity contribution in [1.82, 2.24) is 25.1 Å². The van der Waals surface area contributed by atoms with Crippen LogP contribution in [0.1, 0.15) is 43.8 Å². The number of hydrogen-bond acceptors (Lipinski definition) is 4. The molecule has 0 saturated heterocycles. The zero-order valence-electron chi connectivity index (χ0n) is 11.8. The van der Waals surface area contributed by atoms with Gasteiger partial charge in [-0.2, -0.15) is 5.10 Å². The first kappa shape index (κ1) is 13.7. The van der Waals surface area contributed by atoms with Crippen LogP contribution >= 0.6 is 0 Å². The first-order chi connectivity index (χ1) is 9.30. The van der Waals surface area contributed by atoms with Crippen LogP contribution in [-0.2, 0) is 13.0 Å². The summed E-state index contributed by atoms with van der Waals surface area (Å²) in [5, 5.41) is 8.10. The van der Waals surface area contributed by atoms with Gasteiger partial charge in [0.25, 0.3) is 0 Å². The lowest BCUT2D eigenvalue weighted by molar-refractivity contribution is 0.538. The molecule has 0 spiro atoms. The van der Waals surface area contributed by atoms with Gasteiger partial charge in [-0.15, -0.1) is 0 Å². The van der Waals surface area contributed by atoms with Crippen molar-refractivity contribution >= 4 is 0 Å². The van der Waals surface area contributed by atoms with E-state index in [1.807, 2.05) is 12.4 Å². The Kier molecular flexibility index (Phi) is 4.63. The van der Waals surface area contributed by atoms with Gasteiger partial charge >= 0.3 is 0 Å². The monoisotopic (exact) mass is 259 g/mol. The number of aryl methyl sites for hydroxylation is 2. The van der Waals surface area contributed by atoms with Gasteiger partial charge in [0.05, 0.1) is 17.4 Å². The van der Waals surface area contributed by atoms with Gasteiger partial charge in [0, 0.05) is 24.5 Å². The average molecular weight is 259 g/mol. The fraction of sp³-hybridized carbons (Fsp3) is 0.500. The van der Waals surface area contributed by atoms with E-state index in [0.29, 0.717) is 0 Å². The molecule has 1 atom stereocenters. The molecule has 5 heteroatoms. The molecule has 0 aliphatic carbocycles. The van der Waals surface area contributed by atoms with Crippen LogP contribution in [0.3, 0.4) is 0 Å². The minimum Gasteiger partial charge on any atom is -0.305 e. The first-order valence-electron chi connectivity index (χ1n) is 6.85. The summed E-state index contributed by atoms with van der Waals surface area (Å²) in [6.45, 7) is 8.09. The van der Waals surface area contributed by atoms with Gasteiger partial charge in [0.1, 0.15) is 6.33 Å². The van der Waals surface area contributed by atoms with Crippen LogP contribution in [-0.4, -0.2) is 26.3 Å². The Balaban J connectivity index is 2.41. The highest BCUT2D eigenvalue weighted by atomic mass is 15.3. The zero-order valence-corrected chi connectivity index (χ0v) is 11.8. The molecule has 102 valence electrons. The lowest BCUT2D eigenvalue weighted by atomic mass is 10.1. The van der Waals surface area contributed by atoms with Crippen molar-refractivity contribution < 1.29 is 0 Å². The Bertz CT molecular complexity index is 506. The third-order valence-electron chi connectivity index (χ3n) is 3.14. The van der Waals surface area contributed by atoms with Crippen LogP contribution < -0.4 is 5.32 Å². The van der Waals surface area contributed by atoms with E-state index in [1.54, 1.807) is 6.33 Å². The quantitative estimate of drug-likeness (QED) is 0.861. The van der Waals surface area contributed by atoms with Crippen molar-refractivity contribution in [2.24, 2.45) is 0 Å². The third-order valence-corrected chi connectivity index (χ3v) is 3.14. The summed E-state index contributed by atoms with van der Waals surface area (Å²) in [5.74, 6) is 0. The van der Waals surface area contributed by atoms with Crippen LogP contribution in [0.15, 0.2) is 24.8 Å². The third kappa shape index (κ3) is 2.98. The molecule has 2 aromatic rings. The Morgan fingerprint density at radius 1 is 1.21 bits per heavy atom. The Morgan fingerprint density at radius 2 is 1.95 bits per heavy atom. The van der Waals surface area contributed by atoms with Crippen LogP contribution in [0.25, 0.3) is 0 Å². The predicted molar refractivity (Wildman–Crippen MR) is 74.8 cm³/mol. The van der Waals surface area contributed by atoms with Crippen LogP contribution in [0, 0.1) is 0 Å². The van der Waals surface area contributed by atoms with Crippen LogP contribution in [0.5, 0.6) is 0 Å². The van der Waals surface area contributed by atoms with Gasteiger partial charge in [-0.25, -0.2) is 9.97 Å². The molecule has 2 rings (SSSR count). The van der Waals surface area contributed by atoms with Crippen molar-refractivity contribution in [1.29, 1.82) is 0 Å². The molecular weight excluding hydrogens is 238 g/mol. The highest BCUT2D eigenvalue weighted by Gasteiger charge is 2.19. The second kappa shape index (κ2) is 6.43. The van der Waals surface area contributed by atoms with E-state index in [-0.39, 0.29) is 6.04 Å². The maximum Gasteiger partial charge on any atom is 0.115 e. The van der Waals surface area contributed by atoms with Crippen molar-refractivity contribution in [2.75, 3.05) is 6.54 Å². The molecule has 0 aliphatic heterocycles. The lowest BCUT2D eigenvalue weighted by Crippen LogP contribution is -2.25. The molecule has 0 bridgehead atoms. The van der Waals surface area contributed by atoms with E-state index in [2.05, 4.69) is 51.9 Å². The van der Waals surface area contributed by atoms with Crippen molar-refractivity contribution in [2.45, 2.75) is 39.8 Å². The smallest absolute Gasteiger partial charge is 0.115 e. The highest BCUT2D eigenvalue weighted by Crippen LogP contribution is 2.22. The molecule has 2 heterocycles. The van der Waals surface area contributed by atoms with Crippen molar-refractivity contribution in [3.8, 4) is 0 Å². The molecule has 0 saturated carbocycles. The molecular formula is C14H21N5. The normalized spacial score (nSPS) is 12.6. The fourth-order valence-electron chi connectivity index (χ4n) is 2.20. The fourth-order valence-corrected chi connectivity index (χ4v) is 2.20. The summed E-state index contributed by atoms with van der Waals surface area (Å²) >= 11 is 0. The van der Waals surface area contributed by atoms with Crippen LogP contribution in [0.4, 0.5) is 0 Å². The molecule has 19 heavy (non-hydrogen) atoms. The summed E-state index contributed by atoms with van der Waals surface area (Å²) in [5.41, 5.74) is 3.37. The molecule has 0 aliphatic rings. The molecule has 0 radical (unpaired) electrons. The Labute approximate surface area is 114 Å². The summed E-state index contributed by atoms with van der Waals surface area (Å²) in [4.78, 5) is 8.23. The van der Waals surface area contributed by atoms with E-state index < -0.39 is 0 Å². The summed E-state index contributed by atoms with van der Waals surface area (Å²) in [6, 6.07) is 2.27. The standard InChI is InChI=1S/C14H21N5/c1-4-12-7-13(19(6-3)18-12)14(17-5-2)11-8-15-10-16-9-11/h7-10,14,17H,4-6H2,1-3H3. The summed E-state index contributed by atoms with van der Waals surface area (Å²) in [7, 11) is 0. The second-order valence-corrected chi connectivity index (χ2v) is 4.39. The minimum absolute atomic E-state index is 0.0962. The van der Waals surface area contributed by atoms with Gasteiger partial charge in [-0.3, -0.25) is 4.68 Å². The minimum atomic E-state index is 0.0962. The van der Waals surface area contributed by atoms with E-state index >= 15 is 0 Å². The Hall–Kier alpha value is -1.75. The zero-order chi connectivity index (χ0) is 13.7. The lowest BCUT2D eigenvalue weighted by Gasteiger charge is -2.18. The molecule has 0 amide bonds. The van der Waals surface area contributed by atoms with Gasteiger partial charge in [-0.1, -0.05) is 13.8 Å². The maximum atomic E-state index is 4.61. The molecule has 2 aromatic heterocycles. The van der Waals surface area contributed by atoms with Crippen molar-refractivity contribution in [3.63, 3.8) is 0 Å². The topological polar surface area (TPSA) is 55.6 Å². The number of nitrogens with one attached hydrogen (secondary N) is 1. The molecule has 0 aromatic carbocycles. The predicted octanol–water partition coefficient (Wildman–Crippen LogP) is 1.95. The number of rotatable bonds is 6. The maximum absolute atomic E-state index is 4.61. The SMILES string of the molecule is CCNC(c1cncnc1)c1cc(CC)nn1CC. The van der Waals surface area contributed by atoms with Gasteiger partial charge in [0.15, 0.2) is 0 Å². The number of nitrogens with zero attached hydrogens (tertiary/aromatic N) is 4. The molecule has 1 N–H and O–H groups in total. The summed E-state index contributed by atoms with van der Waals surface area (Å²) < 4.78 is 2.05. The second-order valence-electron chi connectivity index (χ2n) is 4.39. The number of aromatic nitrogens is 4. The average Bonchev–Trinajstić information content (AvgIpc) is 2.88. The molecule has 5 nitrogen and oxygen atoms in total. The number of hydrogen-bond donors (Lipinski definition) is 1. The Morgan fingerprint density at radius 3 is 2.53 bits per heavy atom. The highest BCUT2D eigenvalue weighted by molar-refractivity contribution is 5.25. The van der Waals surface area contributed by atoms with E-state index in [4.69, 9.17) is 0 Å². The molecule has 1 unspecified atom stereocenters. The molecule has 0 fully saturated rings.